The molecule has 1 aromatic carbocycles. The van der Waals surface area contributed by atoms with Crippen molar-refractivity contribution in [1.82, 2.24) is 9.47 Å². The van der Waals surface area contributed by atoms with Gasteiger partial charge in [0.05, 0.1) is 12.6 Å². The van der Waals surface area contributed by atoms with Crippen molar-refractivity contribution in [2.45, 2.75) is 12.8 Å². The van der Waals surface area contributed by atoms with Gasteiger partial charge in [-0.2, -0.15) is 0 Å². The highest BCUT2D eigenvalue weighted by molar-refractivity contribution is 6.00. The molecule has 4 nitrogen and oxygen atoms in total. The van der Waals surface area contributed by atoms with Crippen LogP contribution in [-0.4, -0.2) is 35.6 Å². The number of ether oxygens (including phenoxy) is 1. The maximum absolute atomic E-state index is 12.5. The average molecular weight is 258 g/mol. The summed E-state index contributed by atoms with van der Waals surface area (Å²) in [7, 11) is 3.58. The Balaban J connectivity index is 2.09. The number of amides is 1. The number of aryl methyl sites for hydroxylation is 1. The predicted molar refractivity (Wildman–Crippen MR) is 74.6 cm³/mol. The standard InChI is InChI=1S/C15H18N2O2/c1-16-12(15(18)17-8-3-4-9-17)10-11-6-5-7-13(19-2)14(11)16/h5-7,10H,3-4,8-9H2,1-2H3. The Bertz CT molecular complexity index is 624. The van der Waals surface area contributed by atoms with Crippen molar-refractivity contribution < 1.29 is 9.53 Å². The number of aromatic nitrogens is 1. The van der Waals surface area contributed by atoms with E-state index in [0.29, 0.717) is 0 Å². The topological polar surface area (TPSA) is 34.5 Å². The molecule has 0 atom stereocenters. The van der Waals surface area contributed by atoms with Crippen LogP contribution in [0.25, 0.3) is 10.9 Å². The molecule has 1 aromatic heterocycles. The van der Waals surface area contributed by atoms with Gasteiger partial charge in [-0.25, -0.2) is 0 Å². The summed E-state index contributed by atoms with van der Waals surface area (Å²) in [4.78, 5) is 14.4. The third-order valence-electron chi connectivity index (χ3n) is 3.85. The lowest BCUT2D eigenvalue weighted by Crippen LogP contribution is -2.29. The molecule has 1 amide bonds. The smallest absolute Gasteiger partial charge is 0.270 e. The van der Waals surface area contributed by atoms with Crippen LogP contribution in [0.2, 0.25) is 0 Å². The van der Waals surface area contributed by atoms with E-state index in [2.05, 4.69) is 0 Å². The van der Waals surface area contributed by atoms with Crippen molar-refractivity contribution in [1.29, 1.82) is 0 Å². The van der Waals surface area contributed by atoms with E-state index in [9.17, 15) is 4.79 Å². The number of benzene rings is 1. The summed E-state index contributed by atoms with van der Waals surface area (Å²) in [5.74, 6) is 0.929. The summed E-state index contributed by atoms with van der Waals surface area (Å²) in [5.41, 5.74) is 1.72. The van der Waals surface area contributed by atoms with Gasteiger partial charge in [-0.05, 0) is 25.0 Å². The molecule has 0 N–H and O–H groups in total. The van der Waals surface area contributed by atoms with Gasteiger partial charge in [-0.15, -0.1) is 0 Å². The van der Waals surface area contributed by atoms with Crippen LogP contribution in [0.4, 0.5) is 0 Å². The highest BCUT2D eigenvalue weighted by Crippen LogP contribution is 2.28. The van der Waals surface area contributed by atoms with Gasteiger partial charge in [-0.3, -0.25) is 4.79 Å². The largest absolute Gasteiger partial charge is 0.495 e. The van der Waals surface area contributed by atoms with Crippen molar-refractivity contribution in [3.8, 4) is 5.75 Å². The van der Waals surface area contributed by atoms with E-state index < -0.39 is 0 Å². The maximum Gasteiger partial charge on any atom is 0.270 e. The molecular formula is C15H18N2O2. The molecule has 1 aliphatic heterocycles. The maximum atomic E-state index is 12.5. The van der Waals surface area contributed by atoms with Gasteiger partial charge in [0.2, 0.25) is 0 Å². The summed E-state index contributed by atoms with van der Waals surface area (Å²) in [5, 5.41) is 1.05. The van der Waals surface area contributed by atoms with Crippen molar-refractivity contribution in [2.24, 2.45) is 7.05 Å². The molecular weight excluding hydrogens is 240 g/mol. The Labute approximate surface area is 112 Å². The minimum Gasteiger partial charge on any atom is -0.495 e. The molecule has 0 bridgehead atoms. The molecule has 100 valence electrons. The van der Waals surface area contributed by atoms with Crippen LogP contribution in [-0.2, 0) is 7.05 Å². The number of para-hydroxylation sites is 1. The molecule has 1 fully saturated rings. The zero-order chi connectivity index (χ0) is 13.4. The molecule has 0 saturated carbocycles. The number of rotatable bonds is 2. The fourth-order valence-corrected chi connectivity index (χ4v) is 2.83. The molecule has 1 aliphatic rings. The van der Waals surface area contributed by atoms with Crippen LogP contribution in [0.15, 0.2) is 24.3 Å². The second-order valence-corrected chi connectivity index (χ2v) is 4.99. The Kier molecular flexibility index (Phi) is 2.93. The number of likely N-dealkylation sites (tertiary alicyclic amines) is 1. The monoisotopic (exact) mass is 258 g/mol. The highest BCUT2D eigenvalue weighted by Gasteiger charge is 2.23. The van der Waals surface area contributed by atoms with E-state index in [0.717, 1.165) is 48.3 Å². The predicted octanol–water partition coefficient (Wildman–Crippen LogP) is 2.42. The van der Waals surface area contributed by atoms with Gasteiger partial charge in [0.1, 0.15) is 11.4 Å². The molecule has 2 aromatic rings. The van der Waals surface area contributed by atoms with Crippen LogP contribution < -0.4 is 4.74 Å². The quantitative estimate of drug-likeness (QED) is 0.829. The third kappa shape index (κ3) is 1.87. The number of nitrogens with zero attached hydrogens (tertiary/aromatic N) is 2. The van der Waals surface area contributed by atoms with Gasteiger partial charge in [0.25, 0.3) is 5.91 Å². The average Bonchev–Trinajstić information content (AvgIpc) is 3.06. The summed E-state index contributed by atoms with van der Waals surface area (Å²) in [6.45, 7) is 1.75. The molecule has 0 radical (unpaired) electrons. The lowest BCUT2D eigenvalue weighted by molar-refractivity contribution is 0.0784. The van der Waals surface area contributed by atoms with Crippen LogP contribution in [0.1, 0.15) is 23.3 Å². The summed E-state index contributed by atoms with van der Waals surface area (Å²) in [6, 6.07) is 7.84. The van der Waals surface area contributed by atoms with Crippen molar-refractivity contribution in [3.05, 3.63) is 30.0 Å². The Morgan fingerprint density at radius 2 is 2.00 bits per heavy atom. The number of hydrogen-bond donors (Lipinski definition) is 0. The zero-order valence-corrected chi connectivity index (χ0v) is 11.3. The van der Waals surface area contributed by atoms with Crippen molar-refractivity contribution in [3.63, 3.8) is 0 Å². The molecule has 0 spiro atoms. The molecule has 0 aliphatic carbocycles. The Hall–Kier alpha value is -1.97. The first kappa shape index (κ1) is 12.1. The van der Waals surface area contributed by atoms with E-state index >= 15 is 0 Å². The summed E-state index contributed by atoms with van der Waals surface area (Å²) < 4.78 is 7.32. The van der Waals surface area contributed by atoms with Gasteiger partial charge in [0, 0.05) is 25.5 Å². The van der Waals surface area contributed by atoms with E-state index in [1.165, 1.54) is 0 Å². The van der Waals surface area contributed by atoms with E-state index in [1.807, 2.05) is 40.8 Å². The van der Waals surface area contributed by atoms with Crippen molar-refractivity contribution >= 4 is 16.8 Å². The van der Waals surface area contributed by atoms with Crippen LogP contribution in [0.5, 0.6) is 5.75 Å². The zero-order valence-electron chi connectivity index (χ0n) is 11.3. The first-order valence-corrected chi connectivity index (χ1v) is 6.64. The normalized spacial score (nSPS) is 15.2. The molecule has 4 heteroatoms. The minimum atomic E-state index is 0.123. The van der Waals surface area contributed by atoms with Crippen LogP contribution >= 0.6 is 0 Å². The molecule has 2 heterocycles. The van der Waals surface area contributed by atoms with Crippen LogP contribution in [0.3, 0.4) is 0 Å². The number of fused-ring (bicyclic) bond motifs is 1. The second-order valence-electron chi connectivity index (χ2n) is 4.99. The Morgan fingerprint density at radius 3 is 2.68 bits per heavy atom. The SMILES string of the molecule is COc1cccc2cc(C(=O)N3CCCC3)n(C)c12. The van der Waals surface area contributed by atoms with E-state index in [1.54, 1.807) is 7.11 Å². The van der Waals surface area contributed by atoms with E-state index in [-0.39, 0.29) is 5.91 Å². The fraction of sp³-hybridized carbons (Fsp3) is 0.400. The van der Waals surface area contributed by atoms with E-state index in [4.69, 9.17) is 4.74 Å². The lowest BCUT2D eigenvalue weighted by atomic mass is 10.2. The second kappa shape index (κ2) is 4.61. The number of hydrogen-bond acceptors (Lipinski definition) is 2. The summed E-state index contributed by atoms with van der Waals surface area (Å²) >= 11 is 0. The van der Waals surface area contributed by atoms with Gasteiger partial charge in [-0.1, -0.05) is 12.1 Å². The minimum absolute atomic E-state index is 0.123. The lowest BCUT2D eigenvalue weighted by Gasteiger charge is -2.15. The first-order chi connectivity index (χ1) is 9.22. The van der Waals surface area contributed by atoms with Gasteiger partial charge in [0.15, 0.2) is 0 Å². The highest BCUT2D eigenvalue weighted by atomic mass is 16.5. The molecule has 19 heavy (non-hydrogen) atoms. The molecule has 1 saturated heterocycles. The summed E-state index contributed by atoms with van der Waals surface area (Å²) in [6.07, 6.45) is 2.22. The number of methoxy groups -OCH3 is 1. The first-order valence-electron chi connectivity index (χ1n) is 6.64. The third-order valence-corrected chi connectivity index (χ3v) is 3.85. The number of carbonyl (C=O) groups is 1. The molecule has 3 rings (SSSR count). The van der Waals surface area contributed by atoms with Crippen molar-refractivity contribution in [2.75, 3.05) is 20.2 Å². The van der Waals surface area contributed by atoms with Gasteiger partial charge >= 0.3 is 0 Å². The number of carbonyl (C=O) groups excluding carboxylic acids is 1. The van der Waals surface area contributed by atoms with Crippen LogP contribution in [0, 0.1) is 0 Å². The molecule has 0 unspecified atom stereocenters. The fourth-order valence-electron chi connectivity index (χ4n) is 2.83. The van der Waals surface area contributed by atoms with Gasteiger partial charge < -0.3 is 14.2 Å². The Morgan fingerprint density at radius 1 is 1.26 bits per heavy atom.